The second-order valence-electron chi connectivity index (χ2n) is 5.91. The number of hydrogen-bond donors (Lipinski definition) is 3. The van der Waals surface area contributed by atoms with Crippen molar-refractivity contribution in [2.75, 3.05) is 6.61 Å². The number of hydrogen-bond acceptors (Lipinski definition) is 3. The van der Waals surface area contributed by atoms with Crippen molar-refractivity contribution >= 4 is 0 Å². The highest BCUT2D eigenvalue weighted by atomic mass is 16.3. The predicted octanol–water partition coefficient (Wildman–Crippen LogP) is 2.06. The molecule has 1 aromatic heterocycles. The first-order valence-corrected chi connectivity index (χ1v) is 6.93. The van der Waals surface area contributed by atoms with Crippen LogP contribution in [0.1, 0.15) is 49.6 Å². The fourth-order valence-electron chi connectivity index (χ4n) is 3.13. The normalized spacial score (nSPS) is 28.6. The van der Waals surface area contributed by atoms with Gasteiger partial charge in [0.15, 0.2) is 0 Å². The minimum absolute atomic E-state index is 0.0895. The van der Waals surface area contributed by atoms with E-state index in [0.717, 1.165) is 30.8 Å². The van der Waals surface area contributed by atoms with E-state index in [2.05, 4.69) is 22.4 Å². The zero-order valence-corrected chi connectivity index (χ0v) is 11.7. The Hall–Kier alpha value is -0.870. The van der Waals surface area contributed by atoms with E-state index in [0.29, 0.717) is 5.92 Å². The van der Waals surface area contributed by atoms with Crippen molar-refractivity contribution in [1.29, 1.82) is 0 Å². The summed E-state index contributed by atoms with van der Waals surface area (Å²) < 4.78 is 0. The van der Waals surface area contributed by atoms with Crippen LogP contribution in [0.4, 0.5) is 0 Å². The number of aromatic amines is 1. The standard InChI is InChI=1S/C14H25N3O/c1-10-5-4-6-14(7-10,9-18)15-8-13-11(2)16-17-12(13)3/h10,15,18H,4-9H2,1-3H3,(H,16,17). The van der Waals surface area contributed by atoms with Gasteiger partial charge in [-0.1, -0.05) is 19.8 Å². The molecule has 0 aromatic carbocycles. The largest absolute Gasteiger partial charge is 0.394 e. The van der Waals surface area contributed by atoms with E-state index in [1.807, 2.05) is 13.8 Å². The summed E-state index contributed by atoms with van der Waals surface area (Å²) in [5.74, 6) is 0.699. The van der Waals surface area contributed by atoms with Crippen LogP contribution in [0, 0.1) is 19.8 Å². The fraction of sp³-hybridized carbons (Fsp3) is 0.786. The molecule has 0 radical (unpaired) electrons. The molecule has 0 amide bonds. The zero-order chi connectivity index (χ0) is 13.2. The van der Waals surface area contributed by atoms with Gasteiger partial charge < -0.3 is 10.4 Å². The molecule has 1 heterocycles. The Morgan fingerprint density at radius 1 is 1.50 bits per heavy atom. The molecule has 1 aliphatic carbocycles. The average Bonchev–Trinajstić information content (AvgIpc) is 2.67. The van der Waals surface area contributed by atoms with Crippen LogP contribution in [-0.4, -0.2) is 27.4 Å². The highest BCUT2D eigenvalue weighted by Gasteiger charge is 2.34. The molecule has 1 saturated carbocycles. The quantitative estimate of drug-likeness (QED) is 0.767. The summed E-state index contributed by atoms with van der Waals surface area (Å²) in [5.41, 5.74) is 3.32. The summed E-state index contributed by atoms with van der Waals surface area (Å²) in [6.45, 7) is 7.37. The maximum Gasteiger partial charge on any atom is 0.0638 e. The summed E-state index contributed by atoms with van der Waals surface area (Å²) >= 11 is 0. The summed E-state index contributed by atoms with van der Waals surface area (Å²) in [4.78, 5) is 0. The smallest absolute Gasteiger partial charge is 0.0638 e. The number of aliphatic hydroxyl groups excluding tert-OH is 1. The molecular formula is C14H25N3O. The number of H-pyrrole nitrogens is 1. The molecule has 0 spiro atoms. The maximum absolute atomic E-state index is 9.74. The Balaban J connectivity index is 2.03. The molecular weight excluding hydrogens is 226 g/mol. The predicted molar refractivity (Wildman–Crippen MR) is 72.4 cm³/mol. The molecule has 4 heteroatoms. The molecule has 2 atom stereocenters. The van der Waals surface area contributed by atoms with Gasteiger partial charge in [0.1, 0.15) is 0 Å². The van der Waals surface area contributed by atoms with Crippen LogP contribution in [0.3, 0.4) is 0 Å². The van der Waals surface area contributed by atoms with Gasteiger partial charge in [0, 0.05) is 23.3 Å². The first kappa shape index (κ1) is 13.6. The van der Waals surface area contributed by atoms with Crippen LogP contribution in [-0.2, 0) is 6.54 Å². The third-order valence-electron chi connectivity index (χ3n) is 4.31. The van der Waals surface area contributed by atoms with E-state index in [4.69, 9.17) is 0 Å². The summed E-state index contributed by atoms with van der Waals surface area (Å²) in [6, 6.07) is 0. The van der Waals surface area contributed by atoms with Crippen molar-refractivity contribution in [2.45, 2.75) is 58.5 Å². The van der Waals surface area contributed by atoms with Crippen molar-refractivity contribution in [1.82, 2.24) is 15.5 Å². The number of nitrogens with one attached hydrogen (secondary N) is 2. The number of aryl methyl sites for hydroxylation is 2. The van der Waals surface area contributed by atoms with Gasteiger partial charge in [0.2, 0.25) is 0 Å². The van der Waals surface area contributed by atoms with E-state index in [9.17, 15) is 5.11 Å². The lowest BCUT2D eigenvalue weighted by molar-refractivity contribution is 0.0981. The van der Waals surface area contributed by atoms with Gasteiger partial charge in [-0.3, -0.25) is 5.10 Å². The molecule has 0 bridgehead atoms. The van der Waals surface area contributed by atoms with Gasteiger partial charge >= 0.3 is 0 Å². The second-order valence-corrected chi connectivity index (χ2v) is 5.91. The lowest BCUT2D eigenvalue weighted by Gasteiger charge is -2.39. The number of aliphatic hydroxyl groups is 1. The van der Waals surface area contributed by atoms with Crippen LogP contribution in [0.5, 0.6) is 0 Å². The lowest BCUT2D eigenvalue weighted by atomic mass is 9.76. The molecule has 1 aromatic rings. The highest BCUT2D eigenvalue weighted by molar-refractivity contribution is 5.23. The van der Waals surface area contributed by atoms with Crippen LogP contribution in [0.15, 0.2) is 0 Å². The van der Waals surface area contributed by atoms with Gasteiger partial charge in [-0.25, -0.2) is 0 Å². The van der Waals surface area contributed by atoms with E-state index >= 15 is 0 Å². The first-order chi connectivity index (χ1) is 8.56. The molecule has 3 N–H and O–H groups in total. The fourth-order valence-corrected chi connectivity index (χ4v) is 3.13. The van der Waals surface area contributed by atoms with Gasteiger partial charge in [0.25, 0.3) is 0 Å². The van der Waals surface area contributed by atoms with Gasteiger partial charge in [-0.2, -0.15) is 5.10 Å². The van der Waals surface area contributed by atoms with Crippen molar-refractivity contribution in [3.05, 3.63) is 17.0 Å². The van der Waals surface area contributed by atoms with Gasteiger partial charge in [-0.15, -0.1) is 0 Å². The van der Waals surface area contributed by atoms with Crippen LogP contribution >= 0.6 is 0 Å². The first-order valence-electron chi connectivity index (χ1n) is 6.93. The number of aromatic nitrogens is 2. The van der Waals surface area contributed by atoms with Crippen molar-refractivity contribution < 1.29 is 5.11 Å². The average molecular weight is 251 g/mol. The number of nitrogens with zero attached hydrogens (tertiary/aromatic N) is 1. The van der Waals surface area contributed by atoms with E-state index in [1.165, 1.54) is 18.4 Å². The van der Waals surface area contributed by atoms with E-state index < -0.39 is 0 Å². The molecule has 1 fully saturated rings. The highest BCUT2D eigenvalue weighted by Crippen LogP contribution is 2.32. The summed E-state index contributed by atoms with van der Waals surface area (Å²) in [6.07, 6.45) is 4.63. The molecule has 1 aliphatic rings. The molecule has 0 saturated heterocycles. The Kier molecular flexibility index (Phi) is 4.07. The molecule has 2 unspecified atom stereocenters. The van der Waals surface area contributed by atoms with Crippen molar-refractivity contribution in [2.24, 2.45) is 5.92 Å². The molecule has 102 valence electrons. The third kappa shape index (κ3) is 2.75. The van der Waals surface area contributed by atoms with Gasteiger partial charge in [-0.05, 0) is 32.6 Å². The third-order valence-corrected chi connectivity index (χ3v) is 4.31. The SMILES string of the molecule is Cc1n[nH]c(C)c1CNC1(CO)CCCC(C)C1. The van der Waals surface area contributed by atoms with Crippen LogP contribution < -0.4 is 5.32 Å². The monoisotopic (exact) mass is 251 g/mol. The summed E-state index contributed by atoms with van der Waals surface area (Å²) in [5, 5.41) is 20.6. The topological polar surface area (TPSA) is 60.9 Å². The molecule has 4 nitrogen and oxygen atoms in total. The lowest BCUT2D eigenvalue weighted by Crippen LogP contribution is -2.51. The van der Waals surface area contributed by atoms with E-state index in [1.54, 1.807) is 0 Å². The molecule has 2 rings (SSSR count). The maximum atomic E-state index is 9.74. The molecule has 18 heavy (non-hydrogen) atoms. The minimum atomic E-state index is -0.0895. The Bertz CT molecular complexity index is 382. The number of rotatable bonds is 4. The Morgan fingerprint density at radius 2 is 2.28 bits per heavy atom. The Morgan fingerprint density at radius 3 is 2.83 bits per heavy atom. The molecule has 0 aliphatic heterocycles. The van der Waals surface area contributed by atoms with Crippen LogP contribution in [0.2, 0.25) is 0 Å². The summed E-state index contributed by atoms with van der Waals surface area (Å²) in [7, 11) is 0. The van der Waals surface area contributed by atoms with Crippen molar-refractivity contribution in [3.63, 3.8) is 0 Å². The van der Waals surface area contributed by atoms with E-state index in [-0.39, 0.29) is 12.1 Å². The van der Waals surface area contributed by atoms with Gasteiger partial charge in [0.05, 0.1) is 12.3 Å². The Labute approximate surface area is 109 Å². The minimum Gasteiger partial charge on any atom is -0.394 e. The zero-order valence-electron chi connectivity index (χ0n) is 11.7. The van der Waals surface area contributed by atoms with Crippen molar-refractivity contribution in [3.8, 4) is 0 Å². The van der Waals surface area contributed by atoms with Crippen LogP contribution in [0.25, 0.3) is 0 Å². The second kappa shape index (κ2) is 5.41.